The van der Waals surface area contributed by atoms with E-state index in [9.17, 15) is 14.4 Å². The molecule has 4 rings (SSSR count). The molecule has 7 heteroatoms. The van der Waals surface area contributed by atoms with Gasteiger partial charge in [0, 0.05) is 37.3 Å². The molecule has 0 saturated carbocycles. The SMILES string of the molecule is C[C@@H]1Cc2ccccc2N1C(=O)c1ccc(=O)n(CCC(=O)N2CCCCC2)n1. The van der Waals surface area contributed by atoms with Gasteiger partial charge in [0.2, 0.25) is 5.91 Å². The zero-order valence-electron chi connectivity index (χ0n) is 16.7. The van der Waals surface area contributed by atoms with Crippen molar-refractivity contribution >= 4 is 17.5 Å². The summed E-state index contributed by atoms with van der Waals surface area (Å²) in [6.45, 7) is 3.75. The summed E-state index contributed by atoms with van der Waals surface area (Å²) in [7, 11) is 0. The molecule has 29 heavy (non-hydrogen) atoms. The number of aryl methyl sites for hydroxylation is 1. The summed E-state index contributed by atoms with van der Waals surface area (Å²) < 4.78 is 1.24. The lowest BCUT2D eigenvalue weighted by molar-refractivity contribution is -0.132. The standard InChI is InChI=1S/C22H26N4O3/c1-16-15-17-7-3-4-8-19(17)26(16)22(29)18-9-10-21(28)25(23-18)14-11-20(27)24-12-5-2-6-13-24/h3-4,7-10,16H,2,5-6,11-15H2,1H3/t16-/m1/s1. The molecular weight excluding hydrogens is 368 g/mol. The summed E-state index contributed by atoms with van der Waals surface area (Å²) in [5, 5.41) is 4.28. The fraction of sp³-hybridized carbons (Fsp3) is 0.455. The van der Waals surface area contributed by atoms with E-state index in [4.69, 9.17) is 0 Å². The van der Waals surface area contributed by atoms with Gasteiger partial charge in [-0.05, 0) is 50.3 Å². The fourth-order valence-electron chi connectivity index (χ4n) is 4.22. The van der Waals surface area contributed by atoms with Gasteiger partial charge in [0.15, 0.2) is 0 Å². The lowest BCUT2D eigenvalue weighted by Crippen LogP contribution is -2.38. The maximum absolute atomic E-state index is 13.1. The highest BCUT2D eigenvalue weighted by atomic mass is 16.2. The van der Waals surface area contributed by atoms with Crippen molar-refractivity contribution in [2.45, 2.75) is 51.6 Å². The predicted octanol–water partition coefficient (Wildman–Crippen LogP) is 2.24. The van der Waals surface area contributed by atoms with Crippen molar-refractivity contribution in [3.8, 4) is 0 Å². The van der Waals surface area contributed by atoms with Crippen LogP contribution in [0, 0.1) is 0 Å². The Morgan fingerprint density at radius 2 is 1.83 bits per heavy atom. The monoisotopic (exact) mass is 394 g/mol. The van der Waals surface area contributed by atoms with Gasteiger partial charge >= 0.3 is 0 Å². The Kier molecular flexibility index (Phi) is 5.47. The zero-order chi connectivity index (χ0) is 20.4. The predicted molar refractivity (Wildman–Crippen MR) is 110 cm³/mol. The molecule has 1 aromatic heterocycles. The minimum absolute atomic E-state index is 0.0303. The molecule has 7 nitrogen and oxygen atoms in total. The van der Waals surface area contributed by atoms with Crippen molar-refractivity contribution in [3.05, 3.63) is 58.0 Å². The van der Waals surface area contributed by atoms with E-state index >= 15 is 0 Å². The summed E-state index contributed by atoms with van der Waals surface area (Å²) in [4.78, 5) is 41.4. The largest absolute Gasteiger partial charge is 0.343 e. The van der Waals surface area contributed by atoms with E-state index < -0.39 is 0 Å². The molecule has 0 bridgehead atoms. The third-order valence-electron chi connectivity index (χ3n) is 5.76. The lowest BCUT2D eigenvalue weighted by atomic mass is 10.1. The molecule has 2 amide bonds. The van der Waals surface area contributed by atoms with Crippen LogP contribution in [0.5, 0.6) is 0 Å². The van der Waals surface area contributed by atoms with Crippen molar-refractivity contribution in [1.29, 1.82) is 0 Å². The van der Waals surface area contributed by atoms with Gasteiger partial charge in [-0.15, -0.1) is 0 Å². The van der Waals surface area contributed by atoms with Crippen LogP contribution in [0.1, 0.15) is 48.7 Å². The average molecular weight is 394 g/mol. The summed E-state index contributed by atoms with van der Waals surface area (Å²) >= 11 is 0. The van der Waals surface area contributed by atoms with Crippen LogP contribution in [-0.4, -0.2) is 45.6 Å². The number of para-hydroxylation sites is 1. The number of fused-ring (bicyclic) bond motifs is 1. The van der Waals surface area contributed by atoms with Crippen LogP contribution in [0.25, 0.3) is 0 Å². The molecule has 1 atom stereocenters. The maximum Gasteiger partial charge on any atom is 0.278 e. The second-order valence-corrected chi connectivity index (χ2v) is 7.83. The first-order valence-electron chi connectivity index (χ1n) is 10.3. The number of benzene rings is 1. The molecule has 1 aromatic carbocycles. The molecule has 0 unspecified atom stereocenters. The first-order chi connectivity index (χ1) is 14.0. The quantitative estimate of drug-likeness (QED) is 0.797. The van der Waals surface area contributed by atoms with Crippen molar-refractivity contribution in [3.63, 3.8) is 0 Å². The summed E-state index contributed by atoms with van der Waals surface area (Å²) in [6.07, 6.45) is 4.24. The second kappa shape index (κ2) is 8.19. The number of rotatable bonds is 4. The first-order valence-corrected chi connectivity index (χ1v) is 10.3. The van der Waals surface area contributed by atoms with Gasteiger partial charge in [-0.1, -0.05) is 18.2 Å². The Hall–Kier alpha value is -2.96. The second-order valence-electron chi connectivity index (χ2n) is 7.83. The molecule has 0 N–H and O–H groups in total. The van der Waals surface area contributed by atoms with Gasteiger partial charge in [-0.25, -0.2) is 4.68 Å². The van der Waals surface area contributed by atoms with Crippen LogP contribution in [0.4, 0.5) is 5.69 Å². The first kappa shape index (κ1) is 19.4. The Bertz CT molecular complexity index is 978. The number of hydrogen-bond acceptors (Lipinski definition) is 4. The van der Waals surface area contributed by atoms with Crippen LogP contribution < -0.4 is 10.5 Å². The van der Waals surface area contributed by atoms with Gasteiger partial charge in [0.1, 0.15) is 5.69 Å². The molecule has 3 heterocycles. The molecule has 152 valence electrons. The number of likely N-dealkylation sites (tertiary alicyclic amines) is 1. The van der Waals surface area contributed by atoms with E-state index in [1.807, 2.05) is 36.1 Å². The Labute approximate surface area is 169 Å². The third-order valence-corrected chi connectivity index (χ3v) is 5.76. The van der Waals surface area contributed by atoms with Gasteiger partial charge in [-0.2, -0.15) is 5.10 Å². The van der Waals surface area contributed by atoms with E-state index in [2.05, 4.69) is 5.10 Å². The average Bonchev–Trinajstić information content (AvgIpc) is 3.08. The fourth-order valence-corrected chi connectivity index (χ4v) is 4.22. The van der Waals surface area contributed by atoms with Crippen molar-refractivity contribution < 1.29 is 9.59 Å². The Balaban J connectivity index is 1.50. The molecule has 0 radical (unpaired) electrons. The zero-order valence-corrected chi connectivity index (χ0v) is 16.7. The van der Waals surface area contributed by atoms with Crippen molar-refractivity contribution in [2.24, 2.45) is 0 Å². The van der Waals surface area contributed by atoms with Gasteiger partial charge in [0.25, 0.3) is 11.5 Å². The summed E-state index contributed by atoms with van der Waals surface area (Å²) in [6, 6.07) is 10.7. The number of anilines is 1. The molecule has 2 aliphatic heterocycles. The lowest BCUT2D eigenvalue weighted by Gasteiger charge is -2.26. The number of carbonyl (C=O) groups is 2. The molecular formula is C22H26N4O3. The number of aromatic nitrogens is 2. The number of piperidine rings is 1. The summed E-state index contributed by atoms with van der Waals surface area (Å²) in [5.41, 5.74) is 1.94. The van der Waals surface area contributed by atoms with Crippen molar-refractivity contribution in [2.75, 3.05) is 18.0 Å². The minimum atomic E-state index is -0.303. The van der Waals surface area contributed by atoms with Gasteiger partial charge in [0.05, 0.1) is 6.54 Å². The van der Waals surface area contributed by atoms with Gasteiger partial charge < -0.3 is 9.80 Å². The van der Waals surface area contributed by atoms with Crippen molar-refractivity contribution in [1.82, 2.24) is 14.7 Å². The number of hydrogen-bond donors (Lipinski definition) is 0. The summed E-state index contributed by atoms with van der Waals surface area (Å²) in [5.74, 6) is -0.184. The van der Waals surface area contributed by atoms with Crippen LogP contribution in [-0.2, 0) is 17.8 Å². The smallest absolute Gasteiger partial charge is 0.278 e. The van der Waals surface area contributed by atoms with Crippen LogP contribution >= 0.6 is 0 Å². The maximum atomic E-state index is 13.1. The van der Waals surface area contributed by atoms with E-state index in [1.54, 1.807) is 4.90 Å². The molecule has 2 aromatic rings. The number of nitrogens with zero attached hydrogens (tertiary/aromatic N) is 4. The normalized spacial score (nSPS) is 18.6. The molecule has 1 fully saturated rings. The highest BCUT2D eigenvalue weighted by Gasteiger charge is 2.32. The highest BCUT2D eigenvalue weighted by molar-refractivity contribution is 6.06. The molecule has 0 spiro atoms. The van der Waals surface area contributed by atoms with E-state index in [1.165, 1.54) is 16.8 Å². The van der Waals surface area contributed by atoms with Crippen LogP contribution in [0.3, 0.4) is 0 Å². The Morgan fingerprint density at radius 1 is 1.07 bits per heavy atom. The van der Waals surface area contributed by atoms with Crippen LogP contribution in [0.2, 0.25) is 0 Å². The Morgan fingerprint density at radius 3 is 2.62 bits per heavy atom. The molecule has 0 aliphatic carbocycles. The van der Waals surface area contributed by atoms with E-state index in [0.29, 0.717) is 0 Å². The minimum Gasteiger partial charge on any atom is -0.343 e. The molecule has 2 aliphatic rings. The van der Waals surface area contributed by atoms with Gasteiger partial charge in [-0.3, -0.25) is 14.4 Å². The highest BCUT2D eigenvalue weighted by Crippen LogP contribution is 2.32. The topological polar surface area (TPSA) is 75.5 Å². The third kappa shape index (κ3) is 3.95. The van der Waals surface area contributed by atoms with Crippen LogP contribution in [0.15, 0.2) is 41.2 Å². The molecule has 1 saturated heterocycles. The number of amides is 2. The van der Waals surface area contributed by atoms with E-state index in [-0.39, 0.29) is 42.1 Å². The number of carbonyl (C=O) groups excluding carboxylic acids is 2. The van der Waals surface area contributed by atoms with E-state index in [0.717, 1.165) is 50.0 Å².